The number of nitrogens with zero attached hydrogens (tertiary/aromatic N) is 2. The molecular formula is C21H39N3O3. The van der Waals surface area contributed by atoms with Crippen molar-refractivity contribution in [1.29, 1.82) is 0 Å². The van der Waals surface area contributed by atoms with E-state index in [-0.39, 0.29) is 41.5 Å². The Hall–Kier alpha value is -1.59. The lowest BCUT2D eigenvalue weighted by molar-refractivity contribution is -0.138. The van der Waals surface area contributed by atoms with Crippen LogP contribution >= 0.6 is 0 Å². The van der Waals surface area contributed by atoms with Crippen LogP contribution in [0, 0.1) is 17.8 Å². The van der Waals surface area contributed by atoms with Crippen LogP contribution in [0.3, 0.4) is 0 Å². The first kappa shape index (κ1) is 23.4. The average molecular weight is 382 g/mol. The van der Waals surface area contributed by atoms with Crippen LogP contribution in [0.4, 0.5) is 0 Å². The molecule has 0 aromatic carbocycles. The van der Waals surface area contributed by atoms with Crippen molar-refractivity contribution in [3.63, 3.8) is 0 Å². The molecule has 0 aliphatic carbocycles. The summed E-state index contributed by atoms with van der Waals surface area (Å²) in [7, 11) is 3.47. The highest BCUT2D eigenvalue weighted by atomic mass is 16.2. The zero-order valence-electron chi connectivity index (χ0n) is 18.1. The summed E-state index contributed by atoms with van der Waals surface area (Å²) in [6.45, 7) is 9.39. The average Bonchev–Trinajstić information content (AvgIpc) is 2.63. The van der Waals surface area contributed by atoms with Crippen molar-refractivity contribution in [3.05, 3.63) is 0 Å². The van der Waals surface area contributed by atoms with Gasteiger partial charge in [0.2, 0.25) is 17.7 Å². The van der Waals surface area contributed by atoms with E-state index in [0.717, 1.165) is 32.4 Å². The van der Waals surface area contributed by atoms with E-state index in [1.165, 1.54) is 6.42 Å². The van der Waals surface area contributed by atoms with Crippen molar-refractivity contribution >= 4 is 17.7 Å². The molecule has 0 bridgehead atoms. The number of carbonyl (C=O) groups excluding carboxylic acids is 3. The fourth-order valence-electron chi connectivity index (χ4n) is 3.84. The summed E-state index contributed by atoms with van der Waals surface area (Å²) in [4.78, 5) is 41.5. The fourth-order valence-corrected chi connectivity index (χ4v) is 3.84. The van der Waals surface area contributed by atoms with Gasteiger partial charge in [-0.3, -0.25) is 14.4 Å². The maximum Gasteiger partial charge on any atom is 0.225 e. The summed E-state index contributed by atoms with van der Waals surface area (Å²) in [5, 5.41) is 2.98. The molecule has 27 heavy (non-hydrogen) atoms. The van der Waals surface area contributed by atoms with Gasteiger partial charge in [0.1, 0.15) is 0 Å². The molecule has 3 amide bonds. The lowest BCUT2D eigenvalue weighted by Crippen LogP contribution is -2.43. The lowest BCUT2D eigenvalue weighted by Gasteiger charge is -2.32. The summed E-state index contributed by atoms with van der Waals surface area (Å²) in [5.74, 6) is -0.588. The lowest BCUT2D eigenvalue weighted by atomic mass is 9.84. The molecule has 0 radical (unpaired) electrons. The van der Waals surface area contributed by atoms with E-state index in [1.54, 1.807) is 19.0 Å². The maximum absolute atomic E-state index is 13.0. The van der Waals surface area contributed by atoms with Gasteiger partial charge in [-0.1, -0.05) is 13.8 Å². The Morgan fingerprint density at radius 2 is 1.56 bits per heavy atom. The monoisotopic (exact) mass is 381 g/mol. The van der Waals surface area contributed by atoms with E-state index in [0.29, 0.717) is 12.8 Å². The van der Waals surface area contributed by atoms with Crippen molar-refractivity contribution in [2.24, 2.45) is 17.8 Å². The highest BCUT2D eigenvalue weighted by molar-refractivity contribution is 5.83. The van der Waals surface area contributed by atoms with Gasteiger partial charge in [-0.25, -0.2) is 0 Å². The van der Waals surface area contributed by atoms with E-state index in [2.05, 4.69) is 5.32 Å². The van der Waals surface area contributed by atoms with Crippen molar-refractivity contribution < 1.29 is 14.4 Å². The minimum Gasteiger partial charge on any atom is -0.354 e. The van der Waals surface area contributed by atoms with Crippen LogP contribution in [-0.4, -0.2) is 60.7 Å². The second-order valence-corrected chi connectivity index (χ2v) is 8.46. The quantitative estimate of drug-likeness (QED) is 0.667. The molecular weight excluding hydrogens is 342 g/mol. The molecule has 1 aliphatic rings. The van der Waals surface area contributed by atoms with E-state index in [4.69, 9.17) is 0 Å². The predicted octanol–water partition coefficient (Wildman–Crippen LogP) is 2.67. The maximum atomic E-state index is 13.0. The molecule has 3 unspecified atom stereocenters. The van der Waals surface area contributed by atoms with Crippen molar-refractivity contribution in [2.45, 2.75) is 72.3 Å². The Labute approximate surface area is 165 Å². The molecule has 0 aromatic heterocycles. The van der Waals surface area contributed by atoms with Gasteiger partial charge < -0.3 is 15.1 Å². The summed E-state index contributed by atoms with van der Waals surface area (Å²) < 4.78 is 0. The number of hydrogen-bond acceptors (Lipinski definition) is 3. The predicted molar refractivity (Wildman–Crippen MR) is 108 cm³/mol. The molecule has 6 nitrogen and oxygen atoms in total. The van der Waals surface area contributed by atoms with Crippen LogP contribution in [0.5, 0.6) is 0 Å². The topological polar surface area (TPSA) is 69.7 Å². The van der Waals surface area contributed by atoms with Crippen LogP contribution in [0.25, 0.3) is 0 Å². The van der Waals surface area contributed by atoms with Gasteiger partial charge in [0.05, 0.1) is 0 Å². The number of likely N-dealkylation sites (tertiary alicyclic amines) is 1. The van der Waals surface area contributed by atoms with Crippen LogP contribution in [0.2, 0.25) is 0 Å². The van der Waals surface area contributed by atoms with Gasteiger partial charge in [-0.05, 0) is 52.4 Å². The zero-order valence-corrected chi connectivity index (χ0v) is 18.1. The van der Waals surface area contributed by atoms with Gasteiger partial charge >= 0.3 is 0 Å². The van der Waals surface area contributed by atoms with Gasteiger partial charge in [0.25, 0.3) is 0 Å². The Morgan fingerprint density at radius 1 is 0.963 bits per heavy atom. The largest absolute Gasteiger partial charge is 0.354 e. The highest BCUT2D eigenvalue weighted by Gasteiger charge is 2.32. The molecule has 0 saturated carbocycles. The number of piperidine rings is 1. The van der Waals surface area contributed by atoms with E-state index in [9.17, 15) is 14.4 Å². The number of nitrogens with one attached hydrogen (secondary N) is 1. The molecule has 1 saturated heterocycles. The third-order valence-electron chi connectivity index (χ3n) is 5.38. The summed E-state index contributed by atoms with van der Waals surface area (Å²) >= 11 is 0. The standard InChI is InChI=1S/C21H39N3O3/c1-7-17(21(27)24-11-9-8-10-12-24)14-18(19(25)22-15(2)3)13-16(4)20(26)23(5)6/h15-18H,7-14H2,1-6H3,(H,22,25). The fraction of sp³-hybridized carbons (Fsp3) is 0.857. The van der Waals surface area contributed by atoms with Crippen molar-refractivity contribution in [2.75, 3.05) is 27.2 Å². The molecule has 6 heteroatoms. The SMILES string of the molecule is CCC(CC(CC(C)C(=O)N(C)C)C(=O)NC(C)C)C(=O)N1CCCCC1. The summed E-state index contributed by atoms with van der Waals surface area (Å²) in [6, 6.07) is 0.0396. The number of hydrogen-bond donors (Lipinski definition) is 1. The minimum absolute atomic E-state index is 0.0211. The molecule has 3 atom stereocenters. The first-order chi connectivity index (χ1) is 12.7. The molecule has 0 spiro atoms. The van der Waals surface area contributed by atoms with Gasteiger partial charge in [-0.2, -0.15) is 0 Å². The normalized spacial score (nSPS) is 18.0. The Bertz CT molecular complexity index is 499. The number of amides is 3. The second kappa shape index (κ2) is 11.3. The Morgan fingerprint density at radius 3 is 2.04 bits per heavy atom. The second-order valence-electron chi connectivity index (χ2n) is 8.46. The number of carbonyl (C=O) groups is 3. The molecule has 1 fully saturated rings. The molecule has 1 rings (SSSR count). The van der Waals surface area contributed by atoms with Crippen LogP contribution in [0.15, 0.2) is 0 Å². The first-order valence-electron chi connectivity index (χ1n) is 10.5. The molecule has 156 valence electrons. The van der Waals surface area contributed by atoms with Gasteiger partial charge in [0, 0.05) is 51.0 Å². The molecule has 1 heterocycles. The third kappa shape index (κ3) is 7.51. The summed E-state index contributed by atoms with van der Waals surface area (Å²) in [6.07, 6.45) is 5.01. The van der Waals surface area contributed by atoms with Gasteiger partial charge in [-0.15, -0.1) is 0 Å². The third-order valence-corrected chi connectivity index (χ3v) is 5.38. The van der Waals surface area contributed by atoms with Crippen LogP contribution in [0.1, 0.15) is 66.2 Å². The van der Waals surface area contributed by atoms with Crippen molar-refractivity contribution in [1.82, 2.24) is 15.1 Å². The van der Waals surface area contributed by atoms with Crippen LogP contribution in [-0.2, 0) is 14.4 Å². The Kier molecular flexibility index (Phi) is 9.81. The smallest absolute Gasteiger partial charge is 0.225 e. The van der Waals surface area contributed by atoms with E-state index >= 15 is 0 Å². The van der Waals surface area contributed by atoms with Crippen molar-refractivity contribution in [3.8, 4) is 0 Å². The van der Waals surface area contributed by atoms with Crippen LogP contribution < -0.4 is 5.32 Å². The van der Waals surface area contributed by atoms with E-state index in [1.807, 2.05) is 32.6 Å². The molecule has 1 aliphatic heterocycles. The number of rotatable bonds is 9. The zero-order chi connectivity index (χ0) is 20.6. The molecule has 1 N–H and O–H groups in total. The first-order valence-corrected chi connectivity index (χ1v) is 10.5. The minimum atomic E-state index is -0.329. The molecule has 0 aromatic rings. The van der Waals surface area contributed by atoms with Gasteiger partial charge in [0.15, 0.2) is 0 Å². The highest BCUT2D eigenvalue weighted by Crippen LogP contribution is 2.26. The van der Waals surface area contributed by atoms with E-state index < -0.39 is 0 Å². The summed E-state index contributed by atoms with van der Waals surface area (Å²) in [5.41, 5.74) is 0. The Balaban J connectivity index is 2.87.